The van der Waals surface area contributed by atoms with Crippen LogP contribution in [0.15, 0.2) is 24.0 Å². The van der Waals surface area contributed by atoms with Crippen LogP contribution < -0.4 is 4.57 Å². The maximum absolute atomic E-state index is 9.68. The first-order chi connectivity index (χ1) is 8.65. The lowest BCUT2D eigenvalue weighted by Gasteiger charge is -1.96. The summed E-state index contributed by atoms with van der Waals surface area (Å²) in [5, 5.41) is 19.8. The normalized spacial score (nSPS) is 12.3. The van der Waals surface area contributed by atoms with E-state index in [1.807, 2.05) is 6.92 Å². The van der Waals surface area contributed by atoms with Crippen LogP contribution in [-0.4, -0.2) is 16.8 Å². The third kappa shape index (κ3) is 2.54. The molecular weight excluding hydrogens is 246 g/mol. The Bertz CT molecular complexity index is 587. The van der Waals surface area contributed by atoms with Crippen molar-refractivity contribution < 1.29 is 14.8 Å². The summed E-state index contributed by atoms with van der Waals surface area (Å²) in [5.74, 6) is 0.366. The zero-order valence-corrected chi connectivity index (χ0v) is 11.5. The van der Waals surface area contributed by atoms with Crippen LogP contribution in [0.25, 0.3) is 16.3 Å². The Morgan fingerprint density at radius 3 is 2.89 bits per heavy atom. The summed E-state index contributed by atoms with van der Waals surface area (Å²) < 4.78 is 3.23. The minimum Gasteiger partial charge on any atom is -0.512 e. The van der Waals surface area contributed by atoms with Crippen LogP contribution >= 0.6 is 11.3 Å². The Hall–Kier alpha value is -1.39. The lowest BCUT2D eigenvalue weighted by molar-refractivity contribution is -0.670. The highest BCUT2D eigenvalue weighted by atomic mass is 32.1. The molecule has 1 aromatic carbocycles. The van der Waals surface area contributed by atoms with Crippen molar-refractivity contribution in [1.82, 2.24) is 0 Å². The zero-order chi connectivity index (χ0) is 13.1. The molecule has 2 aromatic rings. The van der Waals surface area contributed by atoms with Crippen LogP contribution in [0.3, 0.4) is 0 Å². The van der Waals surface area contributed by atoms with Crippen LogP contribution in [0, 0.1) is 6.92 Å². The maximum Gasteiger partial charge on any atom is 0.266 e. The van der Waals surface area contributed by atoms with Crippen molar-refractivity contribution in [1.29, 1.82) is 0 Å². The van der Waals surface area contributed by atoms with Crippen molar-refractivity contribution in [3.8, 4) is 0 Å². The molecule has 0 amide bonds. The number of aliphatic hydroxyl groups is 2. The van der Waals surface area contributed by atoms with Gasteiger partial charge in [-0.25, -0.2) is 0 Å². The highest BCUT2D eigenvalue weighted by molar-refractivity contribution is 7.18. The van der Waals surface area contributed by atoms with Crippen molar-refractivity contribution in [2.45, 2.75) is 26.8 Å². The molecule has 0 aliphatic heterocycles. The first kappa shape index (κ1) is 13.1. The third-order valence-electron chi connectivity index (χ3n) is 2.86. The lowest BCUT2D eigenvalue weighted by atomic mass is 10.2. The summed E-state index contributed by atoms with van der Waals surface area (Å²) in [5.41, 5.74) is 2.31. The van der Waals surface area contributed by atoms with E-state index < -0.39 is 0 Å². The number of hydrogen-bond donors (Lipinski definition) is 2. The van der Waals surface area contributed by atoms with E-state index in [2.05, 4.69) is 29.7 Å². The van der Waals surface area contributed by atoms with Gasteiger partial charge in [-0.2, -0.15) is 4.57 Å². The highest BCUT2D eigenvalue weighted by Crippen LogP contribution is 2.23. The fraction of sp³-hybridized carbons (Fsp3) is 0.357. The molecule has 0 bridgehead atoms. The van der Waals surface area contributed by atoms with Gasteiger partial charge < -0.3 is 10.2 Å². The SMILES string of the molecule is CC/C(O)=C\c1sc2ccc(C)cc2[n+]1CCO. The fourth-order valence-corrected chi connectivity index (χ4v) is 3.02. The number of aromatic nitrogens is 1. The molecule has 0 radical (unpaired) electrons. The summed E-state index contributed by atoms with van der Waals surface area (Å²) in [6.45, 7) is 4.61. The summed E-state index contributed by atoms with van der Waals surface area (Å²) in [7, 11) is 0. The number of rotatable bonds is 4. The van der Waals surface area contributed by atoms with E-state index in [1.54, 1.807) is 17.4 Å². The Morgan fingerprint density at radius 2 is 2.22 bits per heavy atom. The standard InChI is InChI=1S/C14H17NO2S/c1-3-11(17)9-14-15(6-7-16)12-8-10(2)4-5-13(12)18-14/h4-5,8-9,16H,3,6-7H2,1-2H3/p+1. The van der Waals surface area contributed by atoms with Gasteiger partial charge in [-0.3, -0.25) is 0 Å². The van der Waals surface area contributed by atoms with Crippen LogP contribution in [0.1, 0.15) is 23.9 Å². The van der Waals surface area contributed by atoms with Gasteiger partial charge in [-0.15, -0.1) is 0 Å². The van der Waals surface area contributed by atoms with Gasteiger partial charge >= 0.3 is 0 Å². The average Bonchev–Trinajstić information content (AvgIpc) is 2.68. The van der Waals surface area contributed by atoms with Crippen LogP contribution in [0.2, 0.25) is 0 Å². The van der Waals surface area contributed by atoms with E-state index in [1.165, 1.54) is 10.3 Å². The molecule has 0 aliphatic rings. The maximum atomic E-state index is 9.68. The number of thiazole rings is 1. The first-order valence-corrected chi connectivity index (χ1v) is 6.90. The minimum atomic E-state index is 0.0954. The van der Waals surface area contributed by atoms with E-state index in [9.17, 15) is 10.2 Å². The molecule has 2 rings (SSSR count). The molecule has 1 aromatic heterocycles. The lowest BCUT2D eigenvalue weighted by Crippen LogP contribution is -2.36. The molecule has 2 N–H and O–H groups in total. The minimum absolute atomic E-state index is 0.0954. The van der Waals surface area contributed by atoms with E-state index in [0.717, 1.165) is 10.5 Å². The molecule has 0 spiro atoms. The van der Waals surface area contributed by atoms with Crippen LogP contribution in [0.4, 0.5) is 0 Å². The van der Waals surface area contributed by atoms with Gasteiger partial charge in [-0.1, -0.05) is 24.3 Å². The molecule has 1 heterocycles. The summed E-state index contributed by atoms with van der Waals surface area (Å²) in [6, 6.07) is 6.28. The Kier molecular flexibility index (Phi) is 3.99. The van der Waals surface area contributed by atoms with E-state index >= 15 is 0 Å². The molecule has 0 saturated carbocycles. The highest BCUT2D eigenvalue weighted by Gasteiger charge is 2.18. The predicted molar refractivity (Wildman–Crippen MR) is 74.7 cm³/mol. The van der Waals surface area contributed by atoms with Gasteiger partial charge in [0.25, 0.3) is 5.01 Å². The van der Waals surface area contributed by atoms with Gasteiger partial charge in [0.15, 0.2) is 6.54 Å². The number of nitrogens with zero attached hydrogens (tertiary/aromatic N) is 1. The molecule has 0 atom stereocenters. The number of aryl methyl sites for hydroxylation is 1. The largest absolute Gasteiger partial charge is 0.512 e. The smallest absolute Gasteiger partial charge is 0.266 e. The third-order valence-corrected chi connectivity index (χ3v) is 3.97. The quantitative estimate of drug-likeness (QED) is 0.659. The molecule has 0 fully saturated rings. The molecule has 0 saturated heterocycles. The molecule has 0 unspecified atom stereocenters. The monoisotopic (exact) mass is 264 g/mol. The Morgan fingerprint density at radius 1 is 1.44 bits per heavy atom. The molecule has 4 heteroatoms. The van der Waals surface area contributed by atoms with Gasteiger partial charge in [0.05, 0.1) is 11.8 Å². The van der Waals surface area contributed by atoms with Gasteiger partial charge in [-0.05, 0) is 18.6 Å². The summed E-state index contributed by atoms with van der Waals surface area (Å²) in [4.78, 5) is 0. The van der Waals surface area contributed by atoms with Crippen molar-refractivity contribution >= 4 is 27.6 Å². The molecular formula is C14H18NO2S+. The molecule has 0 aliphatic carbocycles. The number of allylic oxidation sites excluding steroid dienone is 1. The number of fused-ring (bicyclic) bond motifs is 1. The van der Waals surface area contributed by atoms with Crippen molar-refractivity contribution in [3.05, 3.63) is 34.5 Å². The predicted octanol–water partition coefficient (Wildman–Crippen LogP) is 2.80. The topological polar surface area (TPSA) is 44.3 Å². The number of aliphatic hydroxyl groups excluding tert-OH is 2. The van der Waals surface area contributed by atoms with Gasteiger partial charge in [0.1, 0.15) is 11.3 Å². The second-order valence-electron chi connectivity index (χ2n) is 4.28. The Balaban J connectivity index is 2.61. The molecule has 96 valence electrons. The van der Waals surface area contributed by atoms with Crippen LogP contribution in [-0.2, 0) is 6.54 Å². The fourth-order valence-electron chi connectivity index (χ4n) is 1.89. The number of benzene rings is 1. The molecule has 3 nitrogen and oxygen atoms in total. The van der Waals surface area contributed by atoms with Gasteiger partial charge in [0.2, 0.25) is 5.52 Å². The zero-order valence-electron chi connectivity index (χ0n) is 10.7. The summed E-state index contributed by atoms with van der Waals surface area (Å²) >= 11 is 1.63. The van der Waals surface area contributed by atoms with Crippen molar-refractivity contribution in [2.75, 3.05) is 6.61 Å². The average molecular weight is 264 g/mol. The van der Waals surface area contributed by atoms with Crippen LogP contribution in [0.5, 0.6) is 0 Å². The second kappa shape index (κ2) is 5.50. The second-order valence-corrected chi connectivity index (χ2v) is 5.34. The number of hydrogen-bond acceptors (Lipinski definition) is 3. The van der Waals surface area contributed by atoms with E-state index in [-0.39, 0.29) is 6.61 Å². The van der Waals surface area contributed by atoms with E-state index in [4.69, 9.17) is 0 Å². The van der Waals surface area contributed by atoms with Crippen molar-refractivity contribution in [3.63, 3.8) is 0 Å². The summed E-state index contributed by atoms with van der Waals surface area (Å²) in [6.07, 6.45) is 2.40. The van der Waals surface area contributed by atoms with E-state index in [0.29, 0.717) is 18.7 Å². The molecule has 18 heavy (non-hydrogen) atoms. The first-order valence-electron chi connectivity index (χ1n) is 6.09. The Labute approximate surface area is 111 Å². The van der Waals surface area contributed by atoms with Gasteiger partial charge in [0, 0.05) is 12.5 Å². The van der Waals surface area contributed by atoms with Crippen molar-refractivity contribution in [2.24, 2.45) is 0 Å².